The molecule has 8 nitrogen and oxygen atoms in total. The topological polar surface area (TPSA) is 88.2 Å². The number of imide groups is 1. The maximum Gasteiger partial charge on any atom is 0.255 e. The second-order valence-electron chi connectivity index (χ2n) is 11.6. The number of hydrogen-bond donors (Lipinski definition) is 1. The average molecular weight is 524 g/mol. The summed E-state index contributed by atoms with van der Waals surface area (Å²) in [6.07, 6.45) is 0.477. The van der Waals surface area contributed by atoms with E-state index < -0.39 is 11.9 Å². The molecule has 0 spiro atoms. The van der Waals surface area contributed by atoms with Gasteiger partial charge in [0, 0.05) is 48.3 Å². The van der Waals surface area contributed by atoms with Crippen molar-refractivity contribution in [2.45, 2.75) is 77.5 Å². The summed E-state index contributed by atoms with van der Waals surface area (Å²) in [6.45, 7) is 10.3. The van der Waals surface area contributed by atoms with Gasteiger partial charge in [0.15, 0.2) is 0 Å². The Morgan fingerprint density at radius 3 is 2.42 bits per heavy atom. The molecule has 3 aliphatic rings. The van der Waals surface area contributed by atoms with Crippen molar-refractivity contribution in [3.8, 4) is 5.75 Å². The van der Waals surface area contributed by atoms with E-state index in [0.717, 1.165) is 0 Å². The van der Waals surface area contributed by atoms with Crippen LogP contribution in [0.5, 0.6) is 5.75 Å². The Balaban J connectivity index is 1.29. The Bertz CT molecular complexity index is 1270. The smallest absolute Gasteiger partial charge is 0.255 e. The van der Waals surface area contributed by atoms with Crippen molar-refractivity contribution in [2.75, 3.05) is 13.1 Å². The standard InChI is InChI=1S/C29H34FN3O5/c1-28(2)16-32(17-29(3,4)38-28)13-18-7-5-8-19(25(18)30)15-37-23-10-6-9-20-21(23)14-33(27(20)36)22-11-12-24(34)31-26(22)35/h5-10,22H,11-17H2,1-4H3,(H,31,34,35). The first kappa shape index (κ1) is 26.3. The lowest BCUT2D eigenvalue weighted by atomic mass is 9.98. The number of rotatable bonds is 6. The lowest BCUT2D eigenvalue weighted by Gasteiger charge is -2.47. The summed E-state index contributed by atoms with van der Waals surface area (Å²) in [6, 6.07) is 9.79. The number of nitrogens with zero attached hydrogens (tertiary/aromatic N) is 2. The van der Waals surface area contributed by atoms with Gasteiger partial charge in [0.1, 0.15) is 24.2 Å². The van der Waals surface area contributed by atoms with Crippen molar-refractivity contribution < 1.29 is 28.2 Å². The Hall–Kier alpha value is -3.30. The molecule has 0 radical (unpaired) electrons. The van der Waals surface area contributed by atoms with Gasteiger partial charge in [-0.2, -0.15) is 0 Å². The van der Waals surface area contributed by atoms with Gasteiger partial charge < -0.3 is 14.4 Å². The van der Waals surface area contributed by atoms with Gasteiger partial charge >= 0.3 is 0 Å². The van der Waals surface area contributed by atoms with Crippen molar-refractivity contribution in [2.24, 2.45) is 0 Å². The first-order chi connectivity index (χ1) is 17.9. The van der Waals surface area contributed by atoms with Crippen LogP contribution in [0, 0.1) is 5.82 Å². The third-order valence-electron chi connectivity index (χ3n) is 7.24. The summed E-state index contributed by atoms with van der Waals surface area (Å²) in [5.41, 5.74) is 1.49. The summed E-state index contributed by atoms with van der Waals surface area (Å²) >= 11 is 0. The fourth-order valence-electron chi connectivity index (χ4n) is 6.01. The number of nitrogens with one attached hydrogen (secondary N) is 1. The van der Waals surface area contributed by atoms with Crippen molar-refractivity contribution in [3.63, 3.8) is 0 Å². The summed E-state index contributed by atoms with van der Waals surface area (Å²) in [4.78, 5) is 40.6. The van der Waals surface area contributed by atoms with Gasteiger partial charge in [-0.05, 0) is 46.2 Å². The lowest BCUT2D eigenvalue weighted by molar-refractivity contribution is -0.182. The van der Waals surface area contributed by atoms with Crippen LogP contribution < -0.4 is 10.1 Å². The number of fused-ring (bicyclic) bond motifs is 1. The van der Waals surface area contributed by atoms with Crippen LogP contribution in [-0.2, 0) is 34.0 Å². The van der Waals surface area contributed by atoms with Crippen LogP contribution in [0.25, 0.3) is 0 Å². The molecule has 0 bridgehead atoms. The van der Waals surface area contributed by atoms with Crippen molar-refractivity contribution in [1.29, 1.82) is 0 Å². The number of benzene rings is 2. The molecule has 1 unspecified atom stereocenters. The Labute approximate surface area is 222 Å². The summed E-state index contributed by atoms with van der Waals surface area (Å²) < 4.78 is 27.8. The SMILES string of the molecule is CC1(C)CN(Cc2cccc(COc3cccc4c3CN(C3CCC(=O)NC3=O)C4=O)c2F)CC(C)(C)O1. The third kappa shape index (κ3) is 5.31. The predicted octanol–water partition coefficient (Wildman–Crippen LogP) is 3.56. The molecule has 2 aromatic rings. The maximum atomic E-state index is 15.6. The highest BCUT2D eigenvalue weighted by Crippen LogP contribution is 2.34. The zero-order valence-electron chi connectivity index (χ0n) is 22.3. The number of ether oxygens (including phenoxy) is 2. The number of morpholine rings is 1. The van der Waals surface area contributed by atoms with E-state index in [1.165, 1.54) is 4.90 Å². The van der Waals surface area contributed by atoms with Gasteiger partial charge in [0.05, 0.1) is 17.7 Å². The number of carbonyl (C=O) groups is 3. The molecule has 0 saturated carbocycles. The summed E-state index contributed by atoms with van der Waals surface area (Å²) in [5, 5.41) is 2.31. The van der Waals surface area contributed by atoms with Crippen LogP contribution in [0.1, 0.15) is 67.6 Å². The molecule has 3 heterocycles. The van der Waals surface area contributed by atoms with E-state index in [1.807, 2.05) is 33.8 Å². The molecule has 1 atom stereocenters. The quantitative estimate of drug-likeness (QED) is 0.583. The van der Waals surface area contributed by atoms with Crippen LogP contribution >= 0.6 is 0 Å². The average Bonchev–Trinajstić information content (AvgIpc) is 3.14. The molecular weight excluding hydrogens is 489 g/mol. The summed E-state index contributed by atoms with van der Waals surface area (Å²) in [7, 11) is 0. The van der Waals surface area contributed by atoms with Crippen LogP contribution in [-0.4, -0.2) is 57.9 Å². The monoisotopic (exact) mass is 523 g/mol. The van der Waals surface area contributed by atoms with Crippen molar-refractivity contribution in [1.82, 2.24) is 15.1 Å². The fraction of sp³-hybridized carbons (Fsp3) is 0.483. The van der Waals surface area contributed by atoms with Crippen LogP contribution in [0.15, 0.2) is 36.4 Å². The van der Waals surface area contributed by atoms with E-state index in [0.29, 0.717) is 47.6 Å². The number of carbonyl (C=O) groups excluding carboxylic acids is 3. The van der Waals surface area contributed by atoms with Crippen LogP contribution in [0.4, 0.5) is 4.39 Å². The number of halogens is 1. The minimum atomic E-state index is -0.704. The first-order valence-electron chi connectivity index (χ1n) is 13.0. The highest BCUT2D eigenvalue weighted by molar-refractivity contribution is 6.05. The largest absolute Gasteiger partial charge is 0.488 e. The van der Waals surface area contributed by atoms with Crippen molar-refractivity contribution >= 4 is 17.7 Å². The number of hydrogen-bond acceptors (Lipinski definition) is 6. The molecule has 0 aliphatic carbocycles. The van der Waals surface area contributed by atoms with E-state index in [2.05, 4.69) is 10.2 Å². The zero-order valence-corrected chi connectivity index (χ0v) is 22.3. The van der Waals surface area contributed by atoms with E-state index in [-0.39, 0.29) is 54.8 Å². The van der Waals surface area contributed by atoms with Gasteiger partial charge in [0.2, 0.25) is 11.8 Å². The number of piperidine rings is 1. The molecule has 5 rings (SSSR count). The molecule has 9 heteroatoms. The minimum Gasteiger partial charge on any atom is -0.488 e. The second-order valence-corrected chi connectivity index (χ2v) is 11.6. The van der Waals surface area contributed by atoms with Gasteiger partial charge in [-0.15, -0.1) is 0 Å². The van der Waals surface area contributed by atoms with Gasteiger partial charge in [-0.3, -0.25) is 24.6 Å². The molecular formula is C29H34FN3O5. The highest BCUT2D eigenvalue weighted by Gasteiger charge is 2.40. The molecule has 38 heavy (non-hydrogen) atoms. The molecule has 0 aromatic heterocycles. The summed E-state index contributed by atoms with van der Waals surface area (Å²) in [5.74, 6) is -0.888. The van der Waals surface area contributed by atoms with Crippen LogP contribution in [0.3, 0.4) is 0 Å². The molecule has 3 aliphatic heterocycles. The molecule has 2 aromatic carbocycles. The van der Waals surface area contributed by atoms with Gasteiger partial charge in [0.25, 0.3) is 5.91 Å². The van der Waals surface area contributed by atoms with Crippen LogP contribution in [0.2, 0.25) is 0 Å². The predicted molar refractivity (Wildman–Crippen MR) is 138 cm³/mol. The number of amides is 3. The molecule has 202 valence electrons. The van der Waals surface area contributed by atoms with E-state index in [9.17, 15) is 14.4 Å². The normalized spacial score (nSPS) is 22.8. The molecule has 1 N–H and O–H groups in total. The minimum absolute atomic E-state index is 0.00281. The molecule has 2 saturated heterocycles. The van der Waals surface area contributed by atoms with E-state index in [4.69, 9.17) is 9.47 Å². The van der Waals surface area contributed by atoms with E-state index in [1.54, 1.807) is 30.3 Å². The maximum absolute atomic E-state index is 15.6. The Morgan fingerprint density at radius 2 is 1.71 bits per heavy atom. The fourth-order valence-corrected chi connectivity index (χ4v) is 6.01. The Morgan fingerprint density at radius 1 is 1.03 bits per heavy atom. The van der Waals surface area contributed by atoms with E-state index >= 15 is 4.39 Å². The first-order valence-corrected chi connectivity index (χ1v) is 13.0. The zero-order chi connectivity index (χ0) is 27.2. The Kier molecular flexibility index (Phi) is 6.77. The molecule has 2 fully saturated rings. The third-order valence-corrected chi connectivity index (χ3v) is 7.24. The van der Waals surface area contributed by atoms with Crippen molar-refractivity contribution in [3.05, 3.63) is 64.5 Å². The molecule has 3 amide bonds. The highest BCUT2D eigenvalue weighted by atomic mass is 19.1. The second kappa shape index (κ2) is 9.78. The van der Waals surface area contributed by atoms with Gasteiger partial charge in [-0.1, -0.05) is 24.3 Å². The lowest BCUT2D eigenvalue weighted by Crippen LogP contribution is -2.56. The van der Waals surface area contributed by atoms with Gasteiger partial charge in [-0.25, -0.2) is 4.39 Å².